The van der Waals surface area contributed by atoms with Gasteiger partial charge in [-0.05, 0) is 133 Å². The smallest absolute Gasteiger partial charge is 0.466 e. The molecule has 6 atom stereocenters. The number of carbonyl (C=O) groups is 6. The Kier molecular flexibility index (Phi) is 52.2. The molecule has 6 aromatic carbocycles. The van der Waals surface area contributed by atoms with Gasteiger partial charge in [-0.25, -0.2) is 13.9 Å². The Balaban J connectivity index is 0.000000390. The van der Waals surface area contributed by atoms with Crippen LogP contribution in [0.15, 0.2) is 174 Å². The predicted octanol–water partition coefficient (Wildman–Crippen LogP) is 14.7. The van der Waals surface area contributed by atoms with Crippen LogP contribution in [0.4, 0.5) is 45.5 Å². The number of hydrogen-bond acceptors (Lipinski definition) is 38. The van der Waals surface area contributed by atoms with E-state index in [4.69, 9.17) is 75.8 Å². The maximum atomic E-state index is 13.8. The van der Waals surface area contributed by atoms with Crippen molar-refractivity contribution in [3.63, 3.8) is 0 Å². The number of azo groups is 2. The van der Waals surface area contributed by atoms with E-state index in [1.165, 1.54) is 52.7 Å². The van der Waals surface area contributed by atoms with E-state index in [2.05, 4.69) is 66.8 Å². The number of nitrogens with zero attached hydrogens (tertiary/aromatic N) is 13. The molecular weight excluding hydrogens is 1890 g/mol. The number of H-pyrrole nitrogens is 1. The lowest BCUT2D eigenvalue weighted by Crippen LogP contribution is -2.33. The number of hydrogen-bond donors (Lipinski definition) is 5. The zero-order valence-corrected chi connectivity index (χ0v) is 82.6. The third-order valence-electron chi connectivity index (χ3n) is 20.8. The van der Waals surface area contributed by atoms with Crippen molar-refractivity contribution in [3.8, 4) is 12.1 Å². The van der Waals surface area contributed by atoms with Gasteiger partial charge in [0.25, 0.3) is 16.9 Å². The number of rotatable bonds is 66. The molecule has 48 heteroatoms. The Hall–Kier alpha value is -13.3. The number of aromatic amines is 1. The lowest BCUT2D eigenvalue weighted by Gasteiger charge is -2.23. The highest BCUT2D eigenvalue weighted by atomic mass is 31.2. The van der Waals surface area contributed by atoms with E-state index >= 15 is 0 Å². The second-order valence-electron chi connectivity index (χ2n) is 31.4. The van der Waals surface area contributed by atoms with Gasteiger partial charge in [0.1, 0.15) is 37.8 Å². The number of nitro benzene ring substituents is 2. The normalized spacial score (nSPS) is 14.7. The topological polar surface area (TPSA) is 583 Å². The molecule has 0 spiro atoms. The number of esters is 2. The van der Waals surface area contributed by atoms with Crippen molar-refractivity contribution in [1.82, 2.24) is 30.8 Å². The van der Waals surface area contributed by atoms with Crippen LogP contribution in [0.3, 0.4) is 0 Å². The highest BCUT2D eigenvalue weighted by Crippen LogP contribution is 2.54. The molecule has 142 heavy (non-hydrogen) atoms. The molecule has 768 valence electrons. The van der Waals surface area contributed by atoms with E-state index in [0.29, 0.717) is 128 Å². The molecule has 2 heterocycles. The Morgan fingerprint density at radius 3 is 1.54 bits per heavy atom. The van der Waals surface area contributed by atoms with Crippen LogP contribution in [-0.4, -0.2) is 232 Å². The molecule has 1 saturated heterocycles. The molecule has 0 aliphatic carbocycles. The van der Waals surface area contributed by atoms with Crippen LogP contribution in [0, 0.1) is 42.9 Å². The van der Waals surface area contributed by atoms with Gasteiger partial charge in [0.2, 0.25) is 23.6 Å². The fraction of sp³-hybridized carbons (Fsp3) is 0.489. The van der Waals surface area contributed by atoms with Crippen LogP contribution in [0.25, 0.3) is 27.6 Å². The van der Waals surface area contributed by atoms with Crippen LogP contribution in [0.5, 0.6) is 0 Å². The lowest BCUT2D eigenvalue weighted by molar-refractivity contribution is -0.383. The minimum absolute atomic E-state index is 0.00139. The number of nitrogens with one attached hydrogen (secondary N) is 5. The van der Waals surface area contributed by atoms with Crippen LogP contribution >= 0.6 is 15.6 Å². The first kappa shape index (κ1) is 116. The van der Waals surface area contributed by atoms with Crippen molar-refractivity contribution in [1.29, 1.82) is 10.5 Å². The van der Waals surface area contributed by atoms with Crippen molar-refractivity contribution in [2.24, 2.45) is 30.8 Å². The number of ether oxygens (including phenoxy) is 6. The highest BCUT2D eigenvalue weighted by molar-refractivity contribution is 7.48. The molecule has 5 N–H and O–H groups in total. The Labute approximate surface area is 821 Å². The number of amides is 4. The van der Waals surface area contributed by atoms with E-state index in [1.54, 1.807) is 66.7 Å². The minimum Gasteiger partial charge on any atom is -0.466 e. The molecule has 0 bridgehead atoms. The van der Waals surface area contributed by atoms with Crippen molar-refractivity contribution in [3.05, 3.63) is 180 Å². The number of nitriles is 2. The molecule has 1 aliphatic heterocycles. The number of non-ortho nitro benzene ring substituents is 2. The van der Waals surface area contributed by atoms with Gasteiger partial charge in [0.15, 0.2) is 0 Å². The fourth-order valence-corrected chi connectivity index (χ4v) is 16.3. The molecule has 8 rings (SSSR count). The summed E-state index contributed by atoms with van der Waals surface area (Å²) < 4.78 is 93.7. The second kappa shape index (κ2) is 64.2. The van der Waals surface area contributed by atoms with Gasteiger partial charge < -0.3 is 69.2 Å². The Morgan fingerprint density at radius 1 is 0.570 bits per heavy atom. The number of nitro groups is 2. The second-order valence-corrected chi connectivity index (χ2v) is 34.6. The van der Waals surface area contributed by atoms with E-state index in [-0.39, 0.29) is 177 Å². The lowest BCUT2D eigenvalue weighted by atomic mass is 10.1. The summed E-state index contributed by atoms with van der Waals surface area (Å²) >= 11 is 0. The zero-order chi connectivity index (χ0) is 103. The quantitative estimate of drug-likeness (QED) is 0.00449. The first-order valence-electron chi connectivity index (χ1n) is 46.1. The number of phosphoric ester groups is 2. The van der Waals surface area contributed by atoms with Crippen LogP contribution in [-0.2, 0) is 103 Å². The molecule has 7 aromatic rings. The summed E-state index contributed by atoms with van der Waals surface area (Å²) in [5.74, 6) is -2.10. The number of oxime groups is 2. The summed E-state index contributed by atoms with van der Waals surface area (Å²) in [6, 6.07) is 39.0. The van der Waals surface area contributed by atoms with Gasteiger partial charge in [-0.1, -0.05) is 58.9 Å². The number of anilines is 2. The number of aromatic nitrogens is 2. The molecule has 1 aromatic heterocycles. The monoisotopic (exact) mass is 2010 g/mol. The van der Waals surface area contributed by atoms with Crippen molar-refractivity contribution >= 4 is 136 Å². The molecule has 1 fully saturated rings. The maximum Gasteiger partial charge on any atom is 0.475 e. The molecule has 4 amide bonds. The molecular formula is C94H124N18O28P2. The van der Waals surface area contributed by atoms with E-state index in [0.717, 1.165) is 28.2 Å². The largest absolute Gasteiger partial charge is 0.475 e. The third-order valence-corrected chi connectivity index (χ3v) is 23.9. The van der Waals surface area contributed by atoms with Crippen LogP contribution < -0.4 is 42.3 Å². The Morgan fingerprint density at radius 2 is 1.06 bits per heavy atom. The zero-order valence-electron chi connectivity index (χ0n) is 80.8. The highest BCUT2D eigenvalue weighted by Gasteiger charge is 2.44. The van der Waals surface area contributed by atoms with Gasteiger partial charge in [0, 0.05) is 147 Å². The SMILES string of the molecule is CCN(CCO/N=C(\C)CCCC(=O)NC/C=C/c1cn(C2CC(OP(=O)(OCCC#N)OCCCOC(=O)CCC(=O)NC)C(COC)O2)c(=O)[nH]c1=O)c1ccc(N=Nc2ccc([N+](=O)[O-])c3ccccc23)cc1.CCN(CCO/N=C(\C)CCCC(=O)NCCCOCC(COC)OP(=O)(OCCC#N)OCCCOC(=O)CCC(=O)NC)c1ccc(N=Nc2ccc([N+](=O)[O-])c3ccccc23)cc1. The van der Waals surface area contributed by atoms with Gasteiger partial charge in [-0.15, -0.1) is 10.2 Å². The number of carbonyl (C=O) groups excluding carboxylic acids is 6. The maximum absolute atomic E-state index is 13.8. The third kappa shape index (κ3) is 41.8. The fourth-order valence-electron chi connectivity index (χ4n) is 13.6. The first-order chi connectivity index (χ1) is 68.6. The van der Waals surface area contributed by atoms with Crippen LogP contribution in [0.1, 0.15) is 142 Å². The summed E-state index contributed by atoms with van der Waals surface area (Å²) in [6.45, 7) is 10.6. The molecule has 0 radical (unpaired) electrons. The van der Waals surface area contributed by atoms with Crippen LogP contribution in [0.2, 0.25) is 0 Å². The number of likely N-dealkylation sites (N-methyl/N-ethyl adjacent to an activating group) is 2. The minimum atomic E-state index is -4.37. The predicted molar refractivity (Wildman–Crippen MR) is 525 cm³/mol. The van der Waals surface area contributed by atoms with Crippen molar-refractivity contribution in [2.45, 2.75) is 155 Å². The summed E-state index contributed by atoms with van der Waals surface area (Å²) in [5, 5.41) is 79.4. The average molecular weight is 2020 g/mol. The van der Waals surface area contributed by atoms with E-state index in [1.807, 2.05) is 88.4 Å². The van der Waals surface area contributed by atoms with Gasteiger partial charge >= 0.3 is 33.3 Å². The van der Waals surface area contributed by atoms with E-state index < -0.39 is 73.2 Å². The number of phosphoric acid groups is 2. The van der Waals surface area contributed by atoms with Crippen molar-refractivity contribution < 1.29 is 113 Å². The molecule has 1 aliphatic rings. The molecule has 6 unspecified atom stereocenters. The van der Waals surface area contributed by atoms with Gasteiger partial charge in [-0.3, -0.25) is 90.5 Å². The van der Waals surface area contributed by atoms with Gasteiger partial charge in [-0.2, -0.15) is 20.8 Å². The number of methoxy groups -OCH3 is 2. The number of benzene rings is 6. The summed E-state index contributed by atoms with van der Waals surface area (Å²) in [6.07, 6.45) is 3.52. The van der Waals surface area contributed by atoms with E-state index in [9.17, 15) is 67.7 Å². The summed E-state index contributed by atoms with van der Waals surface area (Å²) in [5.41, 5.74) is 4.34. The average Bonchev–Trinajstić information content (AvgIpc) is 1.52. The number of fused-ring (bicyclic) bond motifs is 2. The summed E-state index contributed by atoms with van der Waals surface area (Å²) in [7, 11) is -2.77. The first-order valence-corrected chi connectivity index (χ1v) is 49.0. The standard InChI is InChI=1S/C50H63N10O15P.C44H61N8O13P/c1-5-58(38-19-17-37(18-20-38)55-56-41-21-22-42(60(66)67)40-15-7-6-14-39(40)41)27-31-71-57-35(2)12-8-16-46(62)53-26-9-13-36-33-59(50(65)54-49(36)64)47-32-43(44(74-47)34-69-4)75-76(68,72-29-10-25-51)73-30-11-28-70-48(63)24-23-45(61)52-3;1-5-51(36-18-16-35(17-19-36)48-49-40-20-21-41(52(56)57)39-14-7-6-13-38(39)40)26-31-62-50-34(2)12-8-15-43(54)47-25-10-27-60-33-37(32-59-4)65-66(58,63-29-9-24-45)64-30-11-28-61-44(55)23-22-42(53)46-3/h6-7,9,13-15,17-22,33,43-44,47H,5,8,10-12,16,23-24,26-32,34H2,1-4H3,(H,52,61)(H,53,62)(H,54,64,65);6-7,13-14,16-21,37H,5,8-12,15,22-23,25-33H2,1-4H3,(H,46,53)(H,47,54)/b13-9+,56-55?,57-35+;49-48?,50-34+. The Bertz CT molecular complexity index is 5720. The molecule has 46 nitrogen and oxygen atoms in total. The summed E-state index contributed by atoms with van der Waals surface area (Å²) in [4.78, 5) is 137. The van der Waals surface area contributed by atoms with Crippen molar-refractivity contribution in [2.75, 3.05) is 157 Å². The molecule has 0 saturated carbocycles. The van der Waals surface area contributed by atoms with Gasteiger partial charge in [0.05, 0.1) is 171 Å².